The molecule has 1 aromatic heterocycles. The summed E-state index contributed by atoms with van der Waals surface area (Å²) in [5, 5.41) is 0. The first kappa shape index (κ1) is 18.8. The van der Waals surface area contributed by atoms with Crippen LogP contribution in [0.4, 0.5) is 0 Å². The molecule has 0 saturated heterocycles. The number of rotatable bonds is 6. The molecule has 0 fully saturated rings. The van der Waals surface area contributed by atoms with Crippen LogP contribution in [0.1, 0.15) is 17.3 Å². The van der Waals surface area contributed by atoms with Gasteiger partial charge in [-0.05, 0) is 43.3 Å². The molecule has 1 amide bonds. The third kappa shape index (κ3) is 4.06. The Kier molecular flexibility index (Phi) is 6.24. The SMILES string of the molecule is CCOc1cccc2sc(=NC(=O)c3ccc(Br)cc3)n(CCOC)c12. The van der Waals surface area contributed by atoms with E-state index < -0.39 is 0 Å². The molecule has 0 spiro atoms. The van der Waals surface area contributed by atoms with E-state index in [1.807, 2.05) is 41.8 Å². The normalized spacial score (nSPS) is 11.9. The third-order valence-corrected chi connectivity index (χ3v) is 5.34. The van der Waals surface area contributed by atoms with Crippen LogP contribution in [0.15, 0.2) is 51.9 Å². The molecule has 0 radical (unpaired) electrons. The van der Waals surface area contributed by atoms with Crippen molar-refractivity contribution < 1.29 is 14.3 Å². The van der Waals surface area contributed by atoms with Crippen molar-refractivity contribution in [3.05, 3.63) is 57.3 Å². The molecule has 5 nitrogen and oxygen atoms in total. The van der Waals surface area contributed by atoms with Crippen LogP contribution in [0.2, 0.25) is 0 Å². The lowest BCUT2D eigenvalue weighted by Gasteiger charge is -2.09. The zero-order chi connectivity index (χ0) is 18.5. The zero-order valence-corrected chi connectivity index (χ0v) is 17.0. The first-order chi connectivity index (χ1) is 12.6. The number of hydrogen-bond donors (Lipinski definition) is 0. The maximum Gasteiger partial charge on any atom is 0.279 e. The number of hydrogen-bond acceptors (Lipinski definition) is 4. The van der Waals surface area contributed by atoms with Crippen molar-refractivity contribution in [2.24, 2.45) is 4.99 Å². The molecule has 0 N–H and O–H groups in total. The summed E-state index contributed by atoms with van der Waals surface area (Å²) in [6.07, 6.45) is 0. The fourth-order valence-corrected chi connectivity index (χ4v) is 3.93. The van der Waals surface area contributed by atoms with Gasteiger partial charge in [0, 0.05) is 23.7 Å². The van der Waals surface area contributed by atoms with Crippen LogP contribution in [0.3, 0.4) is 0 Å². The molecule has 0 atom stereocenters. The molecular weight excluding hydrogens is 416 g/mol. The van der Waals surface area contributed by atoms with Crippen molar-refractivity contribution in [2.45, 2.75) is 13.5 Å². The van der Waals surface area contributed by atoms with E-state index in [4.69, 9.17) is 9.47 Å². The number of amides is 1. The Bertz CT molecular complexity index is 977. The Morgan fingerprint density at radius 2 is 2.00 bits per heavy atom. The van der Waals surface area contributed by atoms with E-state index >= 15 is 0 Å². The maximum atomic E-state index is 12.6. The van der Waals surface area contributed by atoms with E-state index in [1.165, 1.54) is 11.3 Å². The number of fused-ring (bicyclic) bond motifs is 1. The van der Waals surface area contributed by atoms with E-state index in [0.717, 1.165) is 20.4 Å². The standard InChI is InChI=1S/C19H19BrN2O3S/c1-3-25-15-5-4-6-16-17(15)22(11-12-24-2)19(26-16)21-18(23)13-7-9-14(20)10-8-13/h4-10H,3,11-12H2,1-2H3. The van der Waals surface area contributed by atoms with Crippen molar-refractivity contribution in [1.82, 2.24) is 4.57 Å². The van der Waals surface area contributed by atoms with Gasteiger partial charge in [0.2, 0.25) is 0 Å². The van der Waals surface area contributed by atoms with Gasteiger partial charge in [0.1, 0.15) is 11.3 Å². The third-order valence-electron chi connectivity index (χ3n) is 3.77. The van der Waals surface area contributed by atoms with Crippen LogP contribution >= 0.6 is 27.3 Å². The van der Waals surface area contributed by atoms with E-state index in [-0.39, 0.29) is 5.91 Å². The summed E-state index contributed by atoms with van der Waals surface area (Å²) in [6, 6.07) is 13.1. The molecule has 7 heteroatoms. The second-order valence-corrected chi connectivity index (χ2v) is 7.41. The first-order valence-electron chi connectivity index (χ1n) is 8.22. The minimum Gasteiger partial charge on any atom is -0.492 e. The molecule has 0 unspecified atom stereocenters. The van der Waals surface area contributed by atoms with Gasteiger partial charge in [-0.25, -0.2) is 0 Å². The Morgan fingerprint density at radius 3 is 2.69 bits per heavy atom. The number of nitrogens with zero attached hydrogens (tertiary/aromatic N) is 2. The highest BCUT2D eigenvalue weighted by molar-refractivity contribution is 9.10. The van der Waals surface area contributed by atoms with Crippen molar-refractivity contribution in [2.75, 3.05) is 20.3 Å². The fourth-order valence-electron chi connectivity index (χ4n) is 2.59. The molecule has 0 saturated carbocycles. The van der Waals surface area contributed by atoms with Gasteiger partial charge in [0.25, 0.3) is 5.91 Å². The Morgan fingerprint density at radius 1 is 1.23 bits per heavy atom. The Labute approximate surface area is 164 Å². The summed E-state index contributed by atoms with van der Waals surface area (Å²) in [5.74, 6) is 0.517. The van der Waals surface area contributed by atoms with E-state index in [9.17, 15) is 4.79 Å². The number of para-hydroxylation sites is 1. The summed E-state index contributed by atoms with van der Waals surface area (Å²) in [5.41, 5.74) is 1.49. The van der Waals surface area contributed by atoms with E-state index in [0.29, 0.717) is 30.1 Å². The minimum atomic E-state index is -0.270. The van der Waals surface area contributed by atoms with Gasteiger partial charge in [-0.1, -0.05) is 33.3 Å². The number of carbonyl (C=O) groups is 1. The van der Waals surface area contributed by atoms with Crippen molar-refractivity contribution in [1.29, 1.82) is 0 Å². The van der Waals surface area contributed by atoms with Crippen LogP contribution in [-0.4, -0.2) is 30.8 Å². The Hall–Kier alpha value is -1.96. The fraction of sp³-hybridized carbons (Fsp3) is 0.263. The van der Waals surface area contributed by atoms with Crippen LogP contribution in [-0.2, 0) is 11.3 Å². The van der Waals surface area contributed by atoms with Gasteiger partial charge < -0.3 is 14.0 Å². The van der Waals surface area contributed by atoms with Crippen LogP contribution in [0.25, 0.3) is 10.2 Å². The van der Waals surface area contributed by atoms with Crippen LogP contribution in [0.5, 0.6) is 5.75 Å². The summed E-state index contributed by atoms with van der Waals surface area (Å²) in [4.78, 5) is 17.6. The van der Waals surface area contributed by atoms with Gasteiger partial charge in [-0.2, -0.15) is 4.99 Å². The lowest BCUT2D eigenvalue weighted by Crippen LogP contribution is -2.19. The largest absolute Gasteiger partial charge is 0.492 e. The number of aromatic nitrogens is 1. The molecule has 0 bridgehead atoms. The summed E-state index contributed by atoms with van der Waals surface area (Å²) >= 11 is 4.85. The van der Waals surface area contributed by atoms with Crippen LogP contribution < -0.4 is 9.54 Å². The highest BCUT2D eigenvalue weighted by atomic mass is 79.9. The van der Waals surface area contributed by atoms with Gasteiger partial charge in [-0.15, -0.1) is 0 Å². The smallest absolute Gasteiger partial charge is 0.279 e. The molecule has 3 aromatic rings. The molecule has 1 heterocycles. The monoisotopic (exact) mass is 434 g/mol. The van der Waals surface area contributed by atoms with E-state index in [1.54, 1.807) is 19.2 Å². The predicted octanol–water partition coefficient (Wildman–Crippen LogP) is 4.25. The molecule has 3 rings (SSSR count). The summed E-state index contributed by atoms with van der Waals surface area (Å²) < 4.78 is 14.9. The van der Waals surface area contributed by atoms with Crippen molar-refractivity contribution in [3.63, 3.8) is 0 Å². The summed E-state index contributed by atoms with van der Waals surface area (Å²) in [7, 11) is 1.66. The predicted molar refractivity (Wildman–Crippen MR) is 107 cm³/mol. The van der Waals surface area contributed by atoms with Crippen molar-refractivity contribution in [3.8, 4) is 5.75 Å². The number of halogens is 1. The van der Waals surface area contributed by atoms with Crippen LogP contribution in [0, 0.1) is 0 Å². The quantitative estimate of drug-likeness (QED) is 0.582. The Balaban J connectivity index is 2.13. The number of carbonyl (C=O) groups excluding carboxylic acids is 1. The molecule has 0 aliphatic heterocycles. The lowest BCUT2D eigenvalue weighted by molar-refractivity contribution is 0.0997. The molecule has 0 aliphatic rings. The molecule has 136 valence electrons. The number of thiazole rings is 1. The first-order valence-corrected chi connectivity index (χ1v) is 9.83. The number of methoxy groups -OCH3 is 1. The second-order valence-electron chi connectivity index (χ2n) is 5.49. The average molecular weight is 435 g/mol. The van der Waals surface area contributed by atoms with Gasteiger partial charge in [0.05, 0.1) is 17.9 Å². The topological polar surface area (TPSA) is 52.8 Å². The molecular formula is C19H19BrN2O3S. The molecule has 0 aliphatic carbocycles. The van der Waals surface area contributed by atoms with Gasteiger partial charge >= 0.3 is 0 Å². The van der Waals surface area contributed by atoms with Crippen molar-refractivity contribution >= 4 is 43.4 Å². The second kappa shape index (κ2) is 8.62. The number of ether oxygens (including phenoxy) is 2. The highest BCUT2D eigenvalue weighted by Gasteiger charge is 2.13. The molecule has 26 heavy (non-hydrogen) atoms. The van der Waals surface area contributed by atoms with Gasteiger partial charge in [0.15, 0.2) is 4.80 Å². The van der Waals surface area contributed by atoms with Gasteiger partial charge in [-0.3, -0.25) is 4.79 Å². The maximum absolute atomic E-state index is 12.6. The number of benzene rings is 2. The molecule has 2 aromatic carbocycles. The van der Waals surface area contributed by atoms with E-state index in [2.05, 4.69) is 20.9 Å². The summed E-state index contributed by atoms with van der Waals surface area (Å²) in [6.45, 7) is 3.63. The average Bonchev–Trinajstić information content (AvgIpc) is 2.98. The zero-order valence-electron chi connectivity index (χ0n) is 14.6. The lowest BCUT2D eigenvalue weighted by atomic mass is 10.2. The minimum absolute atomic E-state index is 0.270. The highest BCUT2D eigenvalue weighted by Crippen LogP contribution is 2.27.